The van der Waals surface area contributed by atoms with Gasteiger partial charge in [0, 0.05) is 18.3 Å². The summed E-state index contributed by atoms with van der Waals surface area (Å²) >= 11 is 0. The molecule has 1 atom stereocenters. The molecule has 0 aromatic carbocycles. The van der Waals surface area contributed by atoms with E-state index < -0.39 is 0 Å². The van der Waals surface area contributed by atoms with Crippen molar-refractivity contribution in [2.75, 3.05) is 19.8 Å². The van der Waals surface area contributed by atoms with Crippen LogP contribution in [-0.2, 0) is 19.1 Å². The Hall–Kier alpha value is -1.10. The largest absolute Gasteiger partial charge is 0.465 e. The lowest BCUT2D eigenvalue weighted by Crippen LogP contribution is -2.34. The summed E-state index contributed by atoms with van der Waals surface area (Å²) in [6.07, 6.45) is 11.7. The van der Waals surface area contributed by atoms with Crippen LogP contribution in [0.2, 0.25) is 0 Å². The minimum absolute atomic E-state index is 0.131. The topological polar surface area (TPSA) is 78.6 Å². The zero-order chi connectivity index (χ0) is 20.4. The molecule has 5 heteroatoms. The highest BCUT2D eigenvalue weighted by Gasteiger charge is 2.31. The lowest BCUT2D eigenvalue weighted by Gasteiger charge is -2.31. The van der Waals surface area contributed by atoms with Gasteiger partial charge in [-0.15, -0.1) is 0 Å². The van der Waals surface area contributed by atoms with Gasteiger partial charge in [0.15, 0.2) is 0 Å². The van der Waals surface area contributed by atoms with Crippen LogP contribution in [0.4, 0.5) is 0 Å². The van der Waals surface area contributed by atoms with Gasteiger partial charge in [0.25, 0.3) is 0 Å². The van der Waals surface area contributed by atoms with E-state index in [0.717, 1.165) is 70.6 Å². The van der Waals surface area contributed by atoms with E-state index in [9.17, 15) is 9.59 Å². The summed E-state index contributed by atoms with van der Waals surface area (Å²) in [5.41, 5.74) is 5.21. The Balaban J connectivity index is 4.44. The van der Waals surface area contributed by atoms with Crippen molar-refractivity contribution in [3.63, 3.8) is 0 Å². The van der Waals surface area contributed by atoms with Crippen LogP contribution in [0.1, 0.15) is 104 Å². The maximum absolute atomic E-state index is 12.0. The highest BCUT2D eigenvalue weighted by Crippen LogP contribution is 2.30. The highest BCUT2D eigenvalue weighted by molar-refractivity contribution is 5.69. The van der Waals surface area contributed by atoms with Gasteiger partial charge in [-0.1, -0.05) is 59.3 Å². The van der Waals surface area contributed by atoms with Gasteiger partial charge in [0.05, 0.1) is 0 Å². The number of ether oxygens (including phenoxy) is 2. The standard InChI is InChI=1S/C22H43NO4/c1-4-7-9-11-14-20(24)26-18-22(6-3,16-8-5-2)19-27-21(25)15-12-10-13-17-23/h4-19,23H2,1-3H3. The Kier molecular flexibility index (Phi) is 16.3. The fourth-order valence-electron chi connectivity index (χ4n) is 3.02. The second-order valence-corrected chi connectivity index (χ2v) is 7.69. The van der Waals surface area contributed by atoms with Crippen molar-refractivity contribution in [1.82, 2.24) is 0 Å². The first-order valence-electron chi connectivity index (χ1n) is 11.0. The Bertz CT molecular complexity index is 357. The molecule has 0 aliphatic rings. The van der Waals surface area contributed by atoms with Gasteiger partial charge in [-0.05, 0) is 38.6 Å². The second kappa shape index (κ2) is 17.0. The third-order valence-electron chi connectivity index (χ3n) is 5.21. The summed E-state index contributed by atoms with van der Waals surface area (Å²) in [5.74, 6) is -0.291. The van der Waals surface area contributed by atoms with Gasteiger partial charge in [0.1, 0.15) is 13.2 Å². The molecule has 27 heavy (non-hydrogen) atoms. The molecule has 1 unspecified atom stereocenters. The molecule has 0 spiro atoms. The molecule has 0 fully saturated rings. The van der Waals surface area contributed by atoms with Crippen molar-refractivity contribution < 1.29 is 19.1 Å². The van der Waals surface area contributed by atoms with Crippen molar-refractivity contribution in [3.05, 3.63) is 0 Å². The summed E-state index contributed by atoms with van der Waals surface area (Å²) in [5, 5.41) is 0. The molecule has 0 radical (unpaired) electrons. The van der Waals surface area contributed by atoms with Gasteiger partial charge < -0.3 is 15.2 Å². The molecule has 0 aromatic heterocycles. The van der Waals surface area contributed by atoms with Gasteiger partial charge in [-0.25, -0.2) is 0 Å². The average molecular weight is 386 g/mol. The van der Waals surface area contributed by atoms with Gasteiger partial charge in [-0.2, -0.15) is 0 Å². The number of rotatable bonds is 18. The monoisotopic (exact) mass is 385 g/mol. The summed E-state index contributed by atoms with van der Waals surface area (Å²) in [6.45, 7) is 7.72. The zero-order valence-electron chi connectivity index (χ0n) is 18.0. The predicted octanol–water partition coefficient (Wildman–Crippen LogP) is 5.15. The molecule has 0 aromatic rings. The van der Waals surface area contributed by atoms with Gasteiger partial charge in [-0.3, -0.25) is 9.59 Å². The minimum atomic E-state index is -0.262. The summed E-state index contributed by atoms with van der Waals surface area (Å²) < 4.78 is 11.1. The first kappa shape index (κ1) is 25.9. The van der Waals surface area contributed by atoms with E-state index in [0.29, 0.717) is 32.6 Å². The van der Waals surface area contributed by atoms with Crippen molar-refractivity contribution in [2.24, 2.45) is 11.1 Å². The Labute approximate surface area is 166 Å². The fourth-order valence-corrected chi connectivity index (χ4v) is 3.02. The van der Waals surface area contributed by atoms with Crippen molar-refractivity contribution in [1.29, 1.82) is 0 Å². The van der Waals surface area contributed by atoms with Gasteiger partial charge >= 0.3 is 11.9 Å². The van der Waals surface area contributed by atoms with Crippen LogP contribution in [0, 0.1) is 5.41 Å². The molecule has 2 N–H and O–H groups in total. The third kappa shape index (κ3) is 13.7. The number of unbranched alkanes of at least 4 members (excludes halogenated alkanes) is 6. The number of hydrogen-bond donors (Lipinski definition) is 1. The quantitative estimate of drug-likeness (QED) is 0.261. The molecule has 0 saturated heterocycles. The van der Waals surface area contributed by atoms with Crippen molar-refractivity contribution in [2.45, 2.75) is 104 Å². The molecular formula is C22H43NO4. The Morgan fingerprint density at radius 2 is 1.26 bits per heavy atom. The highest BCUT2D eigenvalue weighted by atomic mass is 16.5. The molecule has 160 valence electrons. The number of carbonyl (C=O) groups excluding carboxylic acids is 2. The van der Waals surface area contributed by atoms with E-state index in [2.05, 4.69) is 20.8 Å². The van der Waals surface area contributed by atoms with Crippen LogP contribution in [0.3, 0.4) is 0 Å². The number of esters is 2. The number of carbonyl (C=O) groups is 2. The zero-order valence-corrected chi connectivity index (χ0v) is 18.0. The molecule has 0 aliphatic heterocycles. The lowest BCUT2D eigenvalue weighted by molar-refractivity contribution is -0.155. The van der Waals surface area contributed by atoms with Crippen LogP contribution in [0.25, 0.3) is 0 Å². The predicted molar refractivity (Wildman–Crippen MR) is 110 cm³/mol. The smallest absolute Gasteiger partial charge is 0.305 e. The maximum Gasteiger partial charge on any atom is 0.305 e. The van der Waals surface area contributed by atoms with E-state index in [1.54, 1.807) is 0 Å². The molecule has 0 bridgehead atoms. The molecule has 0 saturated carbocycles. The fraction of sp³-hybridized carbons (Fsp3) is 0.909. The Morgan fingerprint density at radius 3 is 1.70 bits per heavy atom. The molecule has 0 rings (SSSR count). The van der Waals surface area contributed by atoms with E-state index in [1.165, 1.54) is 0 Å². The van der Waals surface area contributed by atoms with Crippen LogP contribution in [0.15, 0.2) is 0 Å². The van der Waals surface area contributed by atoms with Crippen molar-refractivity contribution in [3.8, 4) is 0 Å². The summed E-state index contributed by atoms with van der Waals surface area (Å²) in [4.78, 5) is 24.1. The molecule has 5 nitrogen and oxygen atoms in total. The van der Waals surface area contributed by atoms with Crippen LogP contribution < -0.4 is 5.73 Å². The first-order chi connectivity index (χ1) is 13.0. The summed E-state index contributed by atoms with van der Waals surface area (Å²) in [7, 11) is 0. The van der Waals surface area contributed by atoms with E-state index in [4.69, 9.17) is 15.2 Å². The lowest BCUT2D eigenvalue weighted by atomic mass is 9.81. The van der Waals surface area contributed by atoms with Crippen LogP contribution in [0.5, 0.6) is 0 Å². The SMILES string of the molecule is CCCCCCC(=O)OCC(CC)(CCCC)COC(=O)CCCCCN. The molecule has 0 heterocycles. The summed E-state index contributed by atoms with van der Waals surface area (Å²) in [6, 6.07) is 0. The maximum atomic E-state index is 12.0. The van der Waals surface area contributed by atoms with E-state index >= 15 is 0 Å². The van der Waals surface area contributed by atoms with Crippen LogP contribution >= 0.6 is 0 Å². The number of hydrogen-bond acceptors (Lipinski definition) is 5. The van der Waals surface area contributed by atoms with Crippen molar-refractivity contribution >= 4 is 11.9 Å². The second-order valence-electron chi connectivity index (χ2n) is 7.69. The molecule has 0 aliphatic carbocycles. The van der Waals surface area contributed by atoms with Gasteiger partial charge in [0.2, 0.25) is 0 Å². The molecular weight excluding hydrogens is 342 g/mol. The third-order valence-corrected chi connectivity index (χ3v) is 5.21. The first-order valence-corrected chi connectivity index (χ1v) is 11.0. The minimum Gasteiger partial charge on any atom is -0.465 e. The normalized spacial score (nSPS) is 13.2. The van der Waals surface area contributed by atoms with Crippen LogP contribution in [-0.4, -0.2) is 31.7 Å². The number of nitrogens with two attached hydrogens (primary N) is 1. The van der Waals surface area contributed by atoms with E-state index in [1.807, 2.05) is 0 Å². The average Bonchev–Trinajstić information content (AvgIpc) is 2.68. The van der Waals surface area contributed by atoms with E-state index in [-0.39, 0.29) is 17.4 Å². The molecule has 0 amide bonds. The Morgan fingerprint density at radius 1 is 0.741 bits per heavy atom.